The molecule has 0 bridgehead atoms. The molecule has 1 aliphatic rings. The highest BCUT2D eigenvalue weighted by Crippen LogP contribution is 2.26. The Morgan fingerprint density at radius 1 is 1.32 bits per heavy atom. The van der Waals surface area contributed by atoms with Gasteiger partial charge in [0, 0.05) is 19.2 Å². The molecule has 1 saturated heterocycles. The number of carbonyl (C=O) groups is 1. The number of benzene rings is 1. The average Bonchev–Trinajstić information content (AvgIpc) is 2.54. The summed E-state index contributed by atoms with van der Waals surface area (Å²) < 4.78 is 5.50. The zero-order valence-corrected chi connectivity index (χ0v) is 14.3. The summed E-state index contributed by atoms with van der Waals surface area (Å²) >= 11 is 11.8. The minimum absolute atomic E-state index is 0.0261. The maximum atomic E-state index is 12.2. The van der Waals surface area contributed by atoms with Gasteiger partial charge in [0.05, 0.1) is 10.0 Å². The second-order valence-corrected chi connectivity index (χ2v) is 6.40. The van der Waals surface area contributed by atoms with Crippen molar-refractivity contribution in [3.63, 3.8) is 0 Å². The van der Waals surface area contributed by atoms with Crippen molar-refractivity contribution >= 4 is 29.1 Å². The number of nitrogens with one attached hydrogen (secondary N) is 1. The van der Waals surface area contributed by atoms with Crippen molar-refractivity contribution in [1.82, 2.24) is 10.2 Å². The number of likely N-dealkylation sites (tertiary alicyclic amines) is 1. The van der Waals surface area contributed by atoms with E-state index < -0.39 is 0 Å². The van der Waals surface area contributed by atoms with Crippen LogP contribution >= 0.6 is 23.2 Å². The molecular weight excluding hydrogens is 323 g/mol. The monoisotopic (exact) mass is 344 g/mol. The van der Waals surface area contributed by atoms with Crippen LogP contribution in [0.5, 0.6) is 5.75 Å². The van der Waals surface area contributed by atoms with Crippen molar-refractivity contribution in [2.45, 2.75) is 19.3 Å². The summed E-state index contributed by atoms with van der Waals surface area (Å²) in [5.74, 6) is 1.30. The lowest BCUT2D eigenvalue weighted by atomic mass is 9.93. The van der Waals surface area contributed by atoms with Crippen LogP contribution in [0.1, 0.15) is 19.3 Å². The van der Waals surface area contributed by atoms with Crippen molar-refractivity contribution in [3.8, 4) is 5.75 Å². The fourth-order valence-electron chi connectivity index (χ4n) is 2.62. The van der Waals surface area contributed by atoms with Gasteiger partial charge in [-0.25, -0.2) is 0 Å². The van der Waals surface area contributed by atoms with E-state index >= 15 is 0 Å². The van der Waals surface area contributed by atoms with Crippen molar-refractivity contribution in [1.29, 1.82) is 0 Å². The largest absolute Gasteiger partial charge is 0.484 e. The van der Waals surface area contributed by atoms with Crippen molar-refractivity contribution in [2.75, 3.05) is 33.3 Å². The van der Waals surface area contributed by atoms with Gasteiger partial charge in [-0.3, -0.25) is 4.79 Å². The lowest BCUT2D eigenvalue weighted by Gasteiger charge is -2.32. The molecule has 0 radical (unpaired) electrons. The van der Waals surface area contributed by atoms with Gasteiger partial charge in [-0.05, 0) is 50.9 Å². The summed E-state index contributed by atoms with van der Waals surface area (Å²) in [5, 5.41) is 4.08. The van der Waals surface area contributed by atoms with Gasteiger partial charge in [-0.1, -0.05) is 23.2 Å². The van der Waals surface area contributed by atoms with Gasteiger partial charge in [0.25, 0.3) is 5.91 Å². The summed E-state index contributed by atoms with van der Waals surface area (Å²) in [4.78, 5) is 14.1. The highest BCUT2D eigenvalue weighted by molar-refractivity contribution is 6.42. The van der Waals surface area contributed by atoms with Crippen LogP contribution in [-0.4, -0.2) is 44.1 Å². The van der Waals surface area contributed by atoms with E-state index in [4.69, 9.17) is 27.9 Å². The zero-order valence-electron chi connectivity index (χ0n) is 12.8. The molecule has 0 aliphatic carbocycles. The SMILES string of the molecule is CNCCC1CCN(C(=O)COc2ccc(Cl)c(Cl)c2)CC1. The molecular formula is C16H22Cl2N2O2. The van der Waals surface area contributed by atoms with E-state index in [-0.39, 0.29) is 12.5 Å². The van der Waals surface area contributed by atoms with E-state index in [0.717, 1.165) is 32.5 Å². The summed E-state index contributed by atoms with van der Waals surface area (Å²) in [5.41, 5.74) is 0. The van der Waals surface area contributed by atoms with Gasteiger partial charge in [-0.15, -0.1) is 0 Å². The third-order valence-electron chi connectivity index (χ3n) is 4.02. The Morgan fingerprint density at radius 2 is 2.05 bits per heavy atom. The number of nitrogens with zero attached hydrogens (tertiary/aromatic N) is 1. The molecule has 0 spiro atoms. The minimum Gasteiger partial charge on any atom is -0.484 e. The number of rotatable bonds is 6. The molecule has 0 aromatic heterocycles. The number of ether oxygens (including phenoxy) is 1. The minimum atomic E-state index is 0.0261. The average molecular weight is 345 g/mol. The molecule has 0 unspecified atom stereocenters. The molecule has 1 N–H and O–H groups in total. The Labute approximate surface area is 141 Å². The Bertz CT molecular complexity index is 503. The fourth-order valence-corrected chi connectivity index (χ4v) is 2.91. The second-order valence-electron chi connectivity index (χ2n) is 5.58. The lowest BCUT2D eigenvalue weighted by Crippen LogP contribution is -2.41. The molecule has 1 heterocycles. The molecule has 22 heavy (non-hydrogen) atoms. The molecule has 122 valence electrons. The second kappa shape index (κ2) is 8.61. The van der Waals surface area contributed by atoms with Gasteiger partial charge >= 0.3 is 0 Å². The Balaban J connectivity index is 1.75. The van der Waals surface area contributed by atoms with Crippen molar-refractivity contribution < 1.29 is 9.53 Å². The smallest absolute Gasteiger partial charge is 0.260 e. The molecule has 1 fully saturated rings. The molecule has 4 nitrogen and oxygen atoms in total. The third kappa shape index (κ3) is 5.04. The number of amides is 1. The number of piperidine rings is 1. The highest BCUT2D eigenvalue weighted by atomic mass is 35.5. The summed E-state index contributed by atoms with van der Waals surface area (Å²) in [7, 11) is 1.97. The number of halogens is 2. The van der Waals surface area contributed by atoms with Crippen LogP contribution in [0.3, 0.4) is 0 Å². The van der Waals surface area contributed by atoms with Crippen LogP contribution in [0, 0.1) is 5.92 Å². The Morgan fingerprint density at radius 3 is 2.68 bits per heavy atom. The molecule has 1 amide bonds. The highest BCUT2D eigenvalue weighted by Gasteiger charge is 2.22. The van der Waals surface area contributed by atoms with Crippen LogP contribution in [0.15, 0.2) is 18.2 Å². The molecule has 6 heteroatoms. The van der Waals surface area contributed by atoms with E-state index in [2.05, 4.69) is 5.32 Å². The van der Waals surface area contributed by atoms with Gasteiger partial charge in [-0.2, -0.15) is 0 Å². The molecule has 1 aromatic carbocycles. The topological polar surface area (TPSA) is 41.6 Å². The molecule has 2 rings (SSSR count). The van der Waals surface area contributed by atoms with Gasteiger partial charge in [0.2, 0.25) is 0 Å². The molecule has 1 aliphatic heterocycles. The fraction of sp³-hybridized carbons (Fsp3) is 0.562. The molecule has 0 atom stereocenters. The third-order valence-corrected chi connectivity index (χ3v) is 4.76. The van der Waals surface area contributed by atoms with E-state index in [0.29, 0.717) is 21.7 Å². The zero-order chi connectivity index (χ0) is 15.9. The number of carbonyl (C=O) groups excluding carboxylic acids is 1. The van der Waals surface area contributed by atoms with Crippen LogP contribution in [-0.2, 0) is 4.79 Å². The standard InChI is InChI=1S/C16H22Cl2N2O2/c1-19-7-4-12-5-8-20(9-6-12)16(21)11-22-13-2-3-14(17)15(18)10-13/h2-3,10,12,19H,4-9,11H2,1H3. The van der Waals surface area contributed by atoms with Crippen LogP contribution in [0.4, 0.5) is 0 Å². The molecule has 1 aromatic rings. The Hall–Kier alpha value is -0.970. The molecule has 0 saturated carbocycles. The van der Waals surface area contributed by atoms with Crippen LogP contribution in [0.25, 0.3) is 0 Å². The first kappa shape index (κ1) is 17.4. The predicted octanol–water partition coefficient (Wildman–Crippen LogP) is 3.22. The van der Waals surface area contributed by atoms with E-state index in [1.807, 2.05) is 11.9 Å². The normalized spacial score (nSPS) is 15.9. The maximum Gasteiger partial charge on any atom is 0.260 e. The first-order valence-corrected chi connectivity index (χ1v) is 8.36. The number of hydrogen-bond donors (Lipinski definition) is 1. The van der Waals surface area contributed by atoms with Gasteiger partial charge < -0.3 is 15.0 Å². The van der Waals surface area contributed by atoms with Crippen molar-refractivity contribution in [2.24, 2.45) is 5.92 Å². The van der Waals surface area contributed by atoms with Crippen LogP contribution < -0.4 is 10.1 Å². The predicted molar refractivity (Wildman–Crippen MR) is 89.8 cm³/mol. The lowest BCUT2D eigenvalue weighted by molar-refractivity contribution is -0.134. The number of hydrogen-bond acceptors (Lipinski definition) is 3. The van der Waals surface area contributed by atoms with Crippen LogP contribution in [0.2, 0.25) is 10.0 Å². The Kier molecular flexibility index (Phi) is 6.80. The summed E-state index contributed by atoms with van der Waals surface area (Å²) in [6.45, 7) is 2.72. The van der Waals surface area contributed by atoms with Gasteiger partial charge in [0.1, 0.15) is 5.75 Å². The maximum absolute atomic E-state index is 12.2. The summed E-state index contributed by atoms with van der Waals surface area (Å²) in [6, 6.07) is 5.00. The van der Waals surface area contributed by atoms with Crippen molar-refractivity contribution in [3.05, 3.63) is 28.2 Å². The quantitative estimate of drug-likeness (QED) is 0.861. The van der Waals surface area contributed by atoms with E-state index in [1.165, 1.54) is 6.42 Å². The van der Waals surface area contributed by atoms with Gasteiger partial charge in [0.15, 0.2) is 6.61 Å². The van der Waals surface area contributed by atoms with E-state index in [9.17, 15) is 4.79 Å². The summed E-state index contributed by atoms with van der Waals surface area (Å²) in [6.07, 6.45) is 3.32. The van der Waals surface area contributed by atoms with E-state index in [1.54, 1.807) is 18.2 Å². The first-order valence-electron chi connectivity index (χ1n) is 7.60. The first-order chi connectivity index (χ1) is 10.6.